The molecule has 5 unspecified atom stereocenters. The highest BCUT2D eigenvalue weighted by Crippen LogP contribution is 2.35. The van der Waals surface area contributed by atoms with Gasteiger partial charge in [0, 0.05) is 25.7 Å². The predicted molar refractivity (Wildman–Crippen MR) is 64.4 cm³/mol. The van der Waals surface area contributed by atoms with Crippen molar-refractivity contribution in [3.05, 3.63) is 0 Å². The van der Waals surface area contributed by atoms with Gasteiger partial charge in [-0.15, -0.1) is 0 Å². The number of rotatable bonds is 1. The van der Waals surface area contributed by atoms with Gasteiger partial charge in [0.15, 0.2) is 0 Å². The molecule has 90 valence electrons. The molecule has 4 heterocycles. The van der Waals surface area contributed by atoms with E-state index < -0.39 is 0 Å². The first kappa shape index (κ1) is 9.86. The zero-order valence-electron chi connectivity index (χ0n) is 10.1. The number of hydrogen-bond donors (Lipinski definition) is 1. The molecule has 0 spiro atoms. The summed E-state index contributed by atoms with van der Waals surface area (Å²) < 4.78 is 0. The van der Waals surface area contributed by atoms with E-state index in [4.69, 9.17) is 0 Å². The summed E-state index contributed by atoms with van der Waals surface area (Å²) in [7, 11) is 0. The summed E-state index contributed by atoms with van der Waals surface area (Å²) in [6, 6.07) is 0.935. The Morgan fingerprint density at radius 1 is 0.812 bits per heavy atom. The lowest BCUT2D eigenvalue weighted by Crippen LogP contribution is -2.46. The zero-order valence-corrected chi connectivity index (χ0v) is 10.1. The van der Waals surface area contributed by atoms with Crippen LogP contribution in [0, 0.1) is 17.8 Å². The van der Waals surface area contributed by atoms with Crippen LogP contribution < -0.4 is 5.32 Å². The van der Waals surface area contributed by atoms with Gasteiger partial charge in [-0.05, 0) is 56.8 Å². The summed E-state index contributed by atoms with van der Waals surface area (Å²) in [4.78, 5) is 5.52. The Balaban J connectivity index is 1.46. The van der Waals surface area contributed by atoms with E-state index in [1.165, 1.54) is 58.7 Å². The molecule has 4 fully saturated rings. The van der Waals surface area contributed by atoms with Crippen molar-refractivity contribution in [3.8, 4) is 0 Å². The molecule has 4 rings (SSSR count). The van der Waals surface area contributed by atoms with Crippen LogP contribution in [0.5, 0.6) is 0 Å². The first-order chi connectivity index (χ1) is 7.90. The van der Waals surface area contributed by atoms with Crippen LogP contribution in [0.25, 0.3) is 0 Å². The summed E-state index contributed by atoms with van der Waals surface area (Å²) in [6.07, 6.45) is 2.91. The third-order valence-corrected chi connectivity index (χ3v) is 5.48. The standard InChI is InChI=1S/C13H23N3/c1-3-15-4-2-13(10(1)7-15)16-8-11-5-14-6-12(11)9-16/h10-14H,1-9H2. The average molecular weight is 221 g/mol. The molecule has 4 aliphatic rings. The molecule has 16 heavy (non-hydrogen) atoms. The molecule has 0 aromatic carbocycles. The van der Waals surface area contributed by atoms with Crippen molar-refractivity contribution >= 4 is 0 Å². The van der Waals surface area contributed by atoms with E-state index in [0.29, 0.717) is 0 Å². The molecule has 0 saturated carbocycles. The molecule has 0 radical (unpaired) electrons. The fraction of sp³-hybridized carbons (Fsp3) is 1.00. The van der Waals surface area contributed by atoms with Crippen LogP contribution in [-0.4, -0.2) is 61.7 Å². The van der Waals surface area contributed by atoms with Gasteiger partial charge in [-0.2, -0.15) is 0 Å². The number of hydrogen-bond acceptors (Lipinski definition) is 3. The lowest BCUT2D eigenvalue weighted by Gasteiger charge is -2.37. The summed E-state index contributed by atoms with van der Waals surface area (Å²) >= 11 is 0. The average Bonchev–Trinajstić information content (AvgIpc) is 2.93. The van der Waals surface area contributed by atoms with Gasteiger partial charge in [0.05, 0.1) is 0 Å². The van der Waals surface area contributed by atoms with E-state index in [1.54, 1.807) is 0 Å². The van der Waals surface area contributed by atoms with Crippen molar-refractivity contribution in [2.24, 2.45) is 17.8 Å². The summed E-state index contributed by atoms with van der Waals surface area (Å²) in [5, 5.41) is 3.55. The quantitative estimate of drug-likeness (QED) is 0.684. The van der Waals surface area contributed by atoms with Gasteiger partial charge in [-0.1, -0.05) is 0 Å². The van der Waals surface area contributed by atoms with Gasteiger partial charge >= 0.3 is 0 Å². The third-order valence-electron chi connectivity index (χ3n) is 5.48. The van der Waals surface area contributed by atoms with Gasteiger partial charge in [0.25, 0.3) is 0 Å². The molecule has 2 bridgehead atoms. The third kappa shape index (κ3) is 1.45. The Kier molecular flexibility index (Phi) is 2.27. The lowest BCUT2D eigenvalue weighted by atomic mass is 9.93. The fourth-order valence-electron chi connectivity index (χ4n) is 4.57. The van der Waals surface area contributed by atoms with Gasteiger partial charge in [0.1, 0.15) is 0 Å². The summed E-state index contributed by atoms with van der Waals surface area (Å²) in [5.41, 5.74) is 0. The number of likely N-dealkylation sites (tertiary alicyclic amines) is 1. The van der Waals surface area contributed by atoms with Crippen molar-refractivity contribution in [2.75, 3.05) is 45.8 Å². The number of fused-ring (bicyclic) bond motifs is 3. The van der Waals surface area contributed by atoms with E-state index >= 15 is 0 Å². The molecule has 1 N–H and O–H groups in total. The monoisotopic (exact) mass is 221 g/mol. The highest BCUT2D eigenvalue weighted by atomic mass is 15.3. The van der Waals surface area contributed by atoms with E-state index in [2.05, 4.69) is 15.1 Å². The number of nitrogens with zero attached hydrogens (tertiary/aromatic N) is 2. The molecule has 4 aliphatic heterocycles. The first-order valence-corrected chi connectivity index (χ1v) is 7.07. The summed E-state index contributed by atoms with van der Waals surface area (Å²) in [6.45, 7) is 9.48. The second-order valence-electron chi connectivity index (χ2n) is 6.34. The van der Waals surface area contributed by atoms with Gasteiger partial charge in [-0.25, -0.2) is 0 Å². The normalized spacial score (nSPS) is 52.1. The van der Waals surface area contributed by atoms with Crippen molar-refractivity contribution in [1.82, 2.24) is 15.1 Å². The molecule has 4 saturated heterocycles. The van der Waals surface area contributed by atoms with E-state index in [9.17, 15) is 0 Å². The van der Waals surface area contributed by atoms with Gasteiger partial charge in [0.2, 0.25) is 0 Å². The lowest BCUT2D eigenvalue weighted by molar-refractivity contribution is 0.115. The van der Waals surface area contributed by atoms with Gasteiger partial charge in [-0.3, -0.25) is 4.90 Å². The first-order valence-electron chi connectivity index (χ1n) is 7.07. The maximum absolute atomic E-state index is 3.55. The minimum atomic E-state index is 0.935. The number of nitrogens with one attached hydrogen (secondary N) is 1. The molecule has 5 atom stereocenters. The molecule has 0 aromatic rings. The largest absolute Gasteiger partial charge is 0.316 e. The highest BCUT2D eigenvalue weighted by Gasteiger charge is 2.43. The van der Waals surface area contributed by atoms with Crippen LogP contribution in [0.3, 0.4) is 0 Å². The summed E-state index contributed by atoms with van der Waals surface area (Å²) in [5.74, 6) is 2.94. The zero-order chi connectivity index (χ0) is 10.5. The van der Waals surface area contributed by atoms with Crippen molar-refractivity contribution < 1.29 is 0 Å². The maximum atomic E-state index is 3.55. The van der Waals surface area contributed by atoms with E-state index in [1.807, 2.05) is 0 Å². The van der Waals surface area contributed by atoms with Crippen molar-refractivity contribution in [2.45, 2.75) is 18.9 Å². The maximum Gasteiger partial charge on any atom is 0.0149 e. The topological polar surface area (TPSA) is 18.5 Å². The smallest absolute Gasteiger partial charge is 0.0149 e. The van der Waals surface area contributed by atoms with E-state index in [-0.39, 0.29) is 0 Å². The Morgan fingerprint density at radius 3 is 2.38 bits per heavy atom. The Labute approximate surface area is 98.2 Å². The Hall–Kier alpha value is -0.120. The Bertz CT molecular complexity index is 268. The van der Waals surface area contributed by atoms with Gasteiger partial charge < -0.3 is 10.2 Å². The molecular weight excluding hydrogens is 198 g/mol. The minimum Gasteiger partial charge on any atom is -0.316 e. The Morgan fingerprint density at radius 2 is 1.56 bits per heavy atom. The second kappa shape index (κ2) is 3.69. The predicted octanol–water partition coefficient (Wildman–Crippen LogP) is 0.232. The second-order valence-corrected chi connectivity index (χ2v) is 6.34. The minimum absolute atomic E-state index is 0.935. The number of piperidine rings is 1. The van der Waals surface area contributed by atoms with Crippen LogP contribution in [0.1, 0.15) is 12.8 Å². The molecular formula is C13H23N3. The highest BCUT2D eigenvalue weighted by molar-refractivity contribution is 4.98. The SMILES string of the molecule is C1NCC2CN(C3CCN4CCC3C4)CC12. The van der Waals surface area contributed by atoms with Crippen molar-refractivity contribution in [3.63, 3.8) is 0 Å². The molecule has 3 heteroatoms. The van der Waals surface area contributed by atoms with Crippen LogP contribution in [-0.2, 0) is 0 Å². The van der Waals surface area contributed by atoms with Crippen LogP contribution in [0.2, 0.25) is 0 Å². The molecule has 3 nitrogen and oxygen atoms in total. The molecule has 0 amide bonds. The van der Waals surface area contributed by atoms with Crippen LogP contribution in [0.4, 0.5) is 0 Å². The molecule has 0 aliphatic carbocycles. The van der Waals surface area contributed by atoms with E-state index in [0.717, 1.165) is 23.8 Å². The molecule has 0 aromatic heterocycles. The van der Waals surface area contributed by atoms with Crippen LogP contribution >= 0.6 is 0 Å². The van der Waals surface area contributed by atoms with Crippen molar-refractivity contribution in [1.29, 1.82) is 0 Å². The fourth-order valence-corrected chi connectivity index (χ4v) is 4.57. The van der Waals surface area contributed by atoms with Crippen LogP contribution in [0.15, 0.2) is 0 Å².